The van der Waals surface area contributed by atoms with Crippen LogP contribution in [0, 0.1) is 10.1 Å². The van der Waals surface area contributed by atoms with E-state index in [9.17, 15) is 19.7 Å². The molecule has 1 aromatic carbocycles. The van der Waals surface area contributed by atoms with Crippen molar-refractivity contribution in [3.63, 3.8) is 0 Å². The molecule has 0 fully saturated rings. The maximum Gasteiger partial charge on any atom is 0.271 e. The first-order valence-corrected chi connectivity index (χ1v) is 6.72. The van der Waals surface area contributed by atoms with Gasteiger partial charge in [0.2, 0.25) is 0 Å². The van der Waals surface area contributed by atoms with Crippen LogP contribution >= 0.6 is 15.9 Å². The minimum absolute atomic E-state index is 0.0573. The van der Waals surface area contributed by atoms with Gasteiger partial charge in [-0.2, -0.15) is 0 Å². The minimum Gasteiger partial charge on any atom is -0.267 e. The summed E-state index contributed by atoms with van der Waals surface area (Å²) < 4.78 is 0.616. The first-order chi connectivity index (χ1) is 10.5. The second kappa shape index (κ2) is 6.76. The molecule has 0 bridgehead atoms. The van der Waals surface area contributed by atoms with Crippen LogP contribution in [0.25, 0.3) is 0 Å². The van der Waals surface area contributed by atoms with E-state index in [1.165, 1.54) is 36.7 Å². The fraction of sp³-hybridized carbons (Fsp3) is 0. The van der Waals surface area contributed by atoms with Crippen molar-refractivity contribution in [2.24, 2.45) is 0 Å². The van der Waals surface area contributed by atoms with E-state index < -0.39 is 16.7 Å². The minimum atomic E-state index is -0.667. The van der Waals surface area contributed by atoms with Crippen LogP contribution in [0.2, 0.25) is 0 Å². The second-order valence-corrected chi connectivity index (χ2v) is 5.02. The van der Waals surface area contributed by atoms with Crippen LogP contribution in [-0.2, 0) is 0 Å². The number of carbonyl (C=O) groups is 2. The summed E-state index contributed by atoms with van der Waals surface area (Å²) >= 11 is 3.18. The average molecular weight is 365 g/mol. The molecule has 9 heteroatoms. The number of nitrogens with one attached hydrogen (secondary N) is 2. The number of amides is 2. The second-order valence-electron chi connectivity index (χ2n) is 4.11. The number of benzene rings is 1. The molecule has 0 spiro atoms. The molecule has 0 atom stereocenters. The summed E-state index contributed by atoms with van der Waals surface area (Å²) in [6, 6.07) is 6.69. The lowest BCUT2D eigenvalue weighted by Gasteiger charge is -2.07. The van der Waals surface area contributed by atoms with Gasteiger partial charge in [0.15, 0.2) is 0 Å². The van der Waals surface area contributed by atoms with Crippen LogP contribution in [0.4, 0.5) is 5.69 Å². The molecule has 2 rings (SSSR count). The zero-order valence-electron chi connectivity index (χ0n) is 10.9. The Bertz CT molecular complexity index is 750. The number of pyridine rings is 1. The molecule has 22 heavy (non-hydrogen) atoms. The molecule has 0 radical (unpaired) electrons. The van der Waals surface area contributed by atoms with Crippen LogP contribution in [0.1, 0.15) is 20.7 Å². The van der Waals surface area contributed by atoms with E-state index >= 15 is 0 Å². The van der Waals surface area contributed by atoms with Crippen LogP contribution in [0.3, 0.4) is 0 Å². The van der Waals surface area contributed by atoms with E-state index in [1.807, 2.05) is 0 Å². The first kappa shape index (κ1) is 15.6. The van der Waals surface area contributed by atoms with Gasteiger partial charge in [0, 0.05) is 34.6 Å². The normalized spacial score (nSPS) is 9.86. The fourth-order valence-corrected chi connectivity index (χ4v) is 1.92. The molecule has 2 amide bonds. The predicted octanol–water partition coefficient (Wildman–Crippen LogP) is 1.83. The summed E-state index contributed by atoms with van der Waals surface area (Å²) in [7, 11) is 0. The van der Waals surface area contributed by atoms with Crippen LogP contribution in [-0.4, -0.2) is 21.7 Å². The average Bonchev–Trinajstić information content (AvgIpc) is 2.52. The number of rotatable bonds is 3. The number of halogens is 1. The topological polar surface area (TPSA) is 114 Å². The van der Waals surface area contributed by atoms with Crippen molar-refractivity contribution in [3.05, 3.63) is 68.4 Å². The molecule has 1 aromatic heterocycles. The van der Waals surface area contributed by atoms with Gasteiger partial charge in [0.1, 0.15) is 0 Å². The van der Waals surface area contributed by atoms with Gasteiger partial charge in [-0.05, 0) is 28.1 Å². The van der Waals surface area contributed by atoms with Gasteiger partial charge in [-0.3, -0.25) is 35.5 Å². The van der Waals surface area contributed by atoms with Gasteiger partial charge in [0.05, 0.1) is 10.5 Å². The molecule has 8 nitrogen and oxygen atoms in total. The lowest BCUT2D eigenvalue weighted by molar-refractivity contribution is -0.384. The molecule has 0 saturated heterocycles. The maximum absolute atomic E-state index is 11.8. The summed E-state index contributed by atoms with van der Waals surface area (Å²) in [6.07, 6.45) is 2.85. The molecule has 0 saturated carbocycles. The van der Waals surface area contributed by atoms with E-state index in [1.54, 1.807) is 0 Å². The molecule has 0 aliphatic carbocycles. The Balaban J connectivity index is 2.02. The Kier molecular flexibility index (Phi) is 4.79. The third kappa shape index (κ3) is 3.85. The summed E-state index contributed by atoms with van der Waals surface area (Å²) in [6.45, 7) is 0. The molecule has 112 valence electrons. The number of hydrogen-bond donors (Lipinski definition) is 2. The van der Waals surface area contributed by atoms with Crippen LogP contribution < -0.4 is 10.9 Å². The fourth-order valence-electron chi connectivity index (χ4n) is 1.55. The zero-order valence-corrected chi connectivity index (χ0v) is 12.5. The Morgan fingerprint density at radius 3 is 2.41 bits per heavy atom. The molecule has 1 heterocycles. The highest BCUT2D eigenvalue weighted by Crippen LogP contribution is 2.13. The van der Waals surface area contributed by atoms with E-state index in [0.29, 0.717) is 4.47 Å². The summed E-state index contributed by atoms with van der Waals surface area (Å²) in [5.41, 5.74) is 4.47. The first-order valence-electron chi connectivity index (χ1n) is 5.93. The van der Waals surface area contributed by atoms with E-state index in [4.69, 9.17) is 0 Å². The highest BCUT2D eigenvalue weighted by molar-refractivity contribution is 9.10. The number of nitrogens with zero attached hydrogens (tertiary/aromatic N) is 2. The van der Waals surface area contributed by atoms with Gasteiger partial charge in [0.25, 0.3) is 17.5 Å². The monoisotopic (exact) mass is 364 g/mol. The van der Waals surface area contributed by atoms with Gasteiger partial charge < -0.3 is 0 Å². The van der Waals surface area contributed by atoms with Gasteiger partial charge >= 0.3 is 0 Å². The number of hydrogen-bond acceptors (Lipinski definition) is 5. The lowest BCUT2D eigenvalue weighted by atomic mass is 10.2. The predicted molar refractivity (Wildman–Crippen MR) is 80.0 cm³/mol. The van der Waals surface area contributed by atoms with Gasteiger partial charge in [-0.15, -0.1) is 0 Å². The largest absolute Gasteiger partial charge is 0.271 e. The smallest absolute Gasteiger partial charge is 0.267 e. The lowest BCUT2D eigenvalue weighted by Crippen LogP contribution is -2.41. The van der Waals surface area contributed by atoms with Crippen molar-refractivity contribution in [2.75, 3.05) is 0 Å². The highest BCUT2D eigenvalue weighted by Gasteiger charge is 2.13. The number of nitro benzene ring substituents is 1. The number of hydrazine groups is 1. The Morgan fingerprint density at radius 2 is 1.77 bits per heavy atom. The number of aromatic nitrogens is 1. The molecule has 0 aliphatic heterocycles. The molecular formula is C13H9BrN4O4. The van der Waals surface area contributed by atoms with Gasteiger partial charge in [-0.25, -0.2) is 0 Å². The third-order valence-corrected chi connectivity index (χ3v) is 3.01. The van der Waals surface area contributed by atoms with Crippen molar-refractivity contribution in [3.8, 4) is 0 Å². The van der Waals surface area contributed by atoms with Crippen molar-refractivity contribution >= 4 is 33.4 Å². The number of carbonyl (C=O) groups excluding carboxylic acids is 2. The summed E-state index contributed by atoms with van der Waals surface area (Å²) in [5, 5.41) is 10.7. The van der Waals surface area contributed by atoms with Gasteiger partial charge in [-0.1, -0.05) is 6.07 Å². The SMILES string of the molecule is O=C(NNC(=O)c1cccc([N+](=O)[O-])c1)c1cncc(Br)c1. The zero-order chi connectivity index (χ0) is 16.1. The third-order valence-electron chi connectivity index (χ3n) is 2.58. The molecular weight excluding hydrogens is 356 g/mol. The molecule has 2 N–H and O–H groups in total. The Hall–Kier alpha value is -2.81. The Labute approximate surface area is 132 Å². The summed E-state index contributed by atoms with van der Waals surface area (Å²) in [4.78, 5) is 37.5. The van der Waals surface area contributed by atoms with Crippen LogP contribution in [0.5, 0.6) is 0 Å². The standard InChI is InChI=1S/C13H9BrN4O4/c14-10-4-9(6-15-7-10)13(20)17-16-12(19)8-2-1-3-11(5-8)18(21)22/h1-7H,(H,16,19)(H,17,20). The van der Waals surface area contributed by atoms with Crippen molar-refractivity contribution in [2.45, 2.75) is 0 Å². The van der Waals surface area contributed by atoms with E-state index in [2.05, 4.69) is 31.8 Å². The van der Waals surface area contributed by atoms with E-state index in [0.717, 1.165) is 6.07 Å². The molecule has 2 aromatic rings. The van der Waals surface area contributed by atoms with E-state index in [-0.39, 0.29) is 16.8 Å². The van der Waals surface area contributed by atoms with Crippen molar-refractivity contribution in [1.82, 2.24) is 15.8 Å². The molecule has 0 unspecified atom stereocenters. The number of non-ortho nitro benzene ring substituents is 1. The summed E-state index contributed by atoms with van der Waals surface area (Å²) in [5.74, 6) is -1.23. The van der Waals surface area contributed by atoms with Crippen molar-refractivity contribution < 1.29 is 14.5 Å². The molecule has 0 aliphatic rings. The van der Waals surface area contributed by atoms with Crippen LogP contribution in [0.15, 0.2) is 47.2 Å². The highest BCUT2D eigenvalue weighted by atomic mass is 79.9. The number of nitro groups is 1. The quantitative estimate of drug-likeness (QED) is 0.636. The Morgan fingerprint density at radius 1 is 1.09 bits per heavy atom. The van der Waals surface area contributed by atoms with Crippen molar-refractivity contribution in [1.29, 1.82) is 0 Å². The maximum atomic E-state index is 11.8.